The Bertz CT molecular complexity index is 933. The summed E-state index contributed by atoms with van der Waals surface area (Å²) in [6.45, 7) is 10.3. The maximum atomic E-state index is 13.3. The molecule has 0 bridgehead atoms. The minimum absolute atomic E-state index is 0.118. The molecule has 1 N–H and O–H groups in total. The van der Waals surface area contributed by atoms with Gasteiger partial charge in [-0.05, 0) is 37.6 Å². The monoisotopic (exact) mass is 434 g/mol. The first kappa shape index (κ1) is 23.3. The van der Waals surface area contributed by atoms with Gasteiger partial charge in [-0.3, -0.25) is 9.10 Å². The molecule has 0 aromatic heterocycles. The predicted molar refractivity (Wildman–Crippen MR) is 122 cm³/mol. The lowest BCUT2D eigenvalue weighted by Gasteiger charge is -2.26. The number of anilines is 1. The summed E-state index contributed by atoms with van der Waals surface area (Å²) in [6.07, 6.45) is 0. The molecule has 5 nitrogen and oxygen atoms in total. The molecule has 7 heteroatoms. The van der Waals surface area contributed by atoms with Gasteiger partial charge < -0.3 is 5.32 Å². The summed E-state index contributed by atoms with van der Waals surface area (Å²) >= 11 is 1.75. The van der Waals surface area contributed by atoms with Gasteiger partial charge in [-0.1, -0.05) is 56.7 Å². The average molecular weight is 435 g/mol. The number of carbonyl (C=O) groups is 1. The first-order valence-corrected chi connectivity index (χ1v) is 12.0. The van der Waals surface area contributed by atoms with Crippen LogP contribution in [0.3, 0.4) is 0 Å². The lowest BCUT2D eigenvalue weighted by atomic mass is 10.2. The highest BCUT2D eigenvalue weighted by Crippen LogP contribution is 2.27. The van der Waals surface area contributed by atoms with E-state index in [0.717, 1.165) is 16.9 Å². The summed E-state index contributed by atoms with van der Waals surface area (Å²) < 4.78 is 28.0. The molecule has 0 aliphatic heterocycles. The Labute approximate surface area is 178 Å². The number of nitrogens with zero attached hydrogens (tertiary/aromatic N) is 1. The van der Waals surface area contributed by atoms with Gasteiger partial charge in [0.1, 0.15) is 6.54 Å². The van der Waals surface area contributed by atoms with Crippen molar-refractivity contribution >= 4 is 33.4 Å². The van der Waals surface area contributed by atoms with E-state index in [2.05, 4.69) is 26.1 Å². The third kappa shape index (κ3) is 6.78. The van der Waals surface area contributed by atoms with Crippen LogP contribution in [0.2, 0.25) is 0 Å². The smallest absolute Gasteiger partial charge is 0.264 e. The number of sulfonamides is 1. The fourth-order valence-corrected chi connectivity index (χ4v) is 5.02. The molecule has 0 saturated carbocycles. The fourth-order valence-electron chi connectivity index (χ4n) is 2.71. The van der Waals surface area contributed by atoms with Crippen molar-refractivity contribution in [2.24, 2.45) is 0 Å². The van der Waals surface area contributed by atoms with E-state index < -0.39 is 10.0 Å². The van der Waals surface area contributed by atoms with Crippen molar-refractivity contribution in [3.63, 3.8) is 0 Å². The molecule has 158 valence electrons. The van der Waals surface area contributed by atoms with Crippen LogP contribution in [0.5, 0.6) is 0 Å². The van der Waals surface area contributed by atoms with Crippen molar-refractivity contribution in [2.45, 2.75) is 44.3 Å². The topological polar surface area (TPSA) is 66.5 Å². The molecule has 2 rings (SSSR count). The van der Waals surface area contributed by atoms with Gasteiger partial charge in [0.05, 0.1) is 10.6 Å². The van der Waals surface area contributed by atoms with Gasteiger partial charge >= 0.3 is 0 Å². The molecule has 0 unspecified atom stereocenters. The summed E-state index contributed by atoms with van der Waals surface area (Å²) in [5.41, 5.74) is 2.27. The molecule has 29 heavy (non-hydrogen) atoms. The van der Waals surface area contributed by atoms with Gasteiger partial charge in [0.15, 0.2) is 0 Å². The highest BCUT2D eigenvalue weighted by molar-refractivity contribution is 8.00. The largest absolute Gasteiger partial charge is 0.354 e. The lowest BCUT2D eigenvalue weighted by Crippen LogP contribution is -2.41. The number of benzene rings is 2. The molecule has 1 amide bonds. The van der Waals surface area contributed by atoms with Crippen molar-refractivity contribution < 1.29 is 13.2 Å². The third-order valence-corrected chi connectivity index (χ3v) is 7.29. The Balaban J connectivity index is 2.24. The summed E-state index contributed by atoms with van der Waals surface area (Å²) in [7, 11) is -3.87. The zero-order valence-corrected chi connectivity index (χ0v) is 19.4. The van der Waals surface area contributed by atoms with Gasteiger partial charge in [-0.2, -0.15) is 11.8 Å². The van der Waals surface area contributed by atoms with Crippen molar-refractivity contribution in [1.82, 2.24) is 5.32 Å². The van der Waals surface area contributed by atoms with Crippen LogP contribution in [0.4, 0.5) is 5.69 Å². The van der Waals surface area contributed by atoms with E-state index in [1.807, 2.05) is 26.0 Å². The molecule has 2 aromatic carbocycles. The van der Waals surface area contributed by atoms with Crippen LogP contribution in [-0.2, 0) is 14.8 Å². The molecular formula is C22H30N2O3S2. The van der Waals surface area contributed by atoms with Crippen LogP contribution in [0.15, 0.2) is 53.4 Å². The van der Waals surface area contributed by atoms with E-state index in [0.29, 0.717) is 12.2 Å². The summed E-state index contributed by atoms with van der Waals surface area (Å²) in [5.74, 6) is 0.447. The molecule has 0 saturated heterocycles. The normalized spacial score (nSPS) is 11.9. The van der Waals surface area contributed by atoms with Gasteiger partial charge in [0.25, 0.3) is 10.0 Å². The molecular weight excluding hydrogens is 404 g/mol. The van der Waals surface area contributed by atoms with Gasteiger partial charge in [-0.15, -0.1) is 0 Å². The average Bonchev–Trinajstić information content (AvgIpc) is 2.63. The second kappa shape index (κ2) is 9.67. The number of hydrogen-bond donors (Lipinski definition) is 1. The maximum Gasteiger partial charge on any atom is 0.264 e. The molecule has 2 aromatic rings. The Morgan fingerprint density at radius 1 is 1.03 bits per heavy atom. The number of carbonyl (C=O) groups excluding carboxylic acids is 1. The van der Waals surface area contributed by atoms with E-state index >= 15 is 0 Å². The van der Waals surface area contributed by atoms with Crippen molar-refractivity contribution in [2.75, 3.05) is 23.1 Å². The highest BCUT2D eigenvalue weighted by atomic mass is 32.2. The van der Waals surface area contributed by atoms with Crippen LogP contribution in [-0.4, -0.2) is 37.9 Å². The lowest BCUT2D eigenvalue weighted by molar-refractivity contribution is -0.119. The molecule has 0 fully saturated rings. The molecule has 0 aliphatic carbocycles. The van der Waals surface area contributed by atoms with Gasteiger partial charge in [-0.25, -0.2) is 8.42 Å². The SMILES string of the molecule is Cc1ccc(S(=O)(=O)N(CC(=O)NCCSC(C)(C)C)c2ccccc2C)cc1. The molecule has 0 aliphatic rings. The second-order valence-corrected chi connectivity index (χ2v) is 11.7. The molecule has 0 heterocycles. The number of aryl methyl sites for hydroxylation is 2. The second-order valence-electron chi connectivity index (χ2n) is 7.92. The van der Waals surface area contributed by atoms with Crippen LogP contribution in [0, 0.1) is 13.8 Å². The van der Waals surface area contributed by atoms with Crippen LogP contribution in [0.1, 0.15) is 31.9 Å². The Morgan fingerprint density at radius 3 is 2.24 bits per heavy atom. The first-order valence-electron chi connectivity index (χ1n) is 9.56. The van der Waals surface area contributed by atoms with Crippen molar-refractivity contribution in [1.29, 1.82) is 0 Å². The highest BCUT2D eigenvalue weighted by Gasteiger charge is 2.28. The molecule has 0 radical (unpaired) electrons. The van der Waals surface area contributed by atoms with Crippen LogP contribution < -0.4 is 9.62 Å². The Kier molecular flexibility index (Phi) is 7.77. The first-order chi connectivity index (χ1) is 13.5. The fraction of sp³-hybridized carbons (Fsp3) is 0.409. The minimum Gasteiger partial charge on any atom is -0.354 e. The molecule has 0 atom stereocenters. The third-order valence-electron chi connectivity index (χ3n) is 4.24. The van der Waals surface area contributed by atoms with Gasteiger partial charge in [0, 0.05) is 17.0 Å². The van der Waals surface area contributed by atoms with Crippen molar-refractivity contribution in [3.05, 3.63) is 59.7 Å². The summed E-state index contributed by atoms with van der Waals surface area (Å²) in [4.78, 5) is 12.7. The van der Waals surface area contributed by atoms with Crippen LogP contribution in [0.25, 0.3) is 0 Å². The zero-order valence-electron chi connectivity index (χ0n) is 17.7. The summed E-state index contributed by atoms with van der Waals surface area (Å²) in [5, 5.41) is 2.84. The van der Waals surface area contributed by atoms with Gasteiger partial charge in [0.2, 0.25) is 5.91 Å². The number of hydrogen-bond acceptors (Lipinski definition) is 4. The Hall–Kier alpha value is -1.99. The predicted octanol–water partition coefficient (Wildman–Crippen LogP) is 4.15. The van der Waals surface area contributed by atoms with E-state index in [-0.39, 0.29) is 22.1 Å². The number of rotatable bonds is 8. The Morgan fingerprint density at radius 2 is 1.66 bits per heavy atom. The van der Waals surface area contributed by atoms with Crippen LogP contribution >= 0.6 is 11.8 Å². The van der Waals surface area contributed by atoms with E-state index in [1.165, 1.54) is 4.31 Å². The standard InChI is InChI=1S/C22H30N2O3S2/c1-17-10-12-19(13-11-17)29(26,27)24(20-9-7-6-8-18(20)2)16-21(25)23-14-15-28-22(3,4)5/h6-13H,14-16H2,1-5H3,(H,23,25). The number of para-hydroxylation sites is 1. The van der Waals surface area contributed by atoms with E-state index in [1.54, 1.807) is 48.2 Å². The number of nitrogens with one attached hydrogen (secondary N) is 1. The summed E-state index contributed by atoms with van der Waals surface area (Å²) in [6, 6.07) is 13.9. The van der Waals surface area contributed by atoms with E-state index in [9.17, 15) is 13.2 Å². The van der Waals surface area contributed by atoms with E-state index in [4.69, 9.17) is 0 Å². The zero-order chi connectivity index (χ0) is 21.7. The minimum atomic E-state index is -3.87. The van der Waals surface area contributed by atoms with Crippen molar-refractivity contribution in [3.8, 4) is 0 Å². The number of thioether (sulfide) groups is 1. The maximum absolute atomic E-state index is 13.3. The number of amides is 1. The molecule has 0 spiro atoms. The quantitative estimate of drug-likeness (QED) is 0.634.